The van der Waals surface area contributed by atoms with Gasteiger partial charge in [-0.3, -0.25) is 4.79 Å². The van der Waals surface area contributed by atoms with E-state index in [1.54, 1.807) is 27.8 Å². The predicted octanol–water partition coefficient (Wildman–Crippen LogP) is 2.92. The highest BCUT2D eigenvalue weighted by atomic mass is 32.2. The molecule has 0 aliphatic carbocycles. The molecule has 0 spiro atoms. The van der Waals surface area contributed by atoms with Crippen molar-refractivity contribution in [1.82, 2.24) is 14.8 Å². The summed E-state index contributed by atoms with van der Waals surface area (Å²) in [5.41, 5.74) is 8.05. The third kappa shape index (κ3) is 2.88. The molecule has 3 N–H and O–H groups in total. The summed E-state index contributed by atoms with van der Waals surface area (Å²) in [5.74, 6) is 1.18. The summed E-state index contributed by atoms with van der Waals surface area (Å²) in [6.45, 7) is 6.01. The average Bonchev–Trinajstić information content (AvgIpc) is 3.09. The smallest absolute Gasteiger partial charge is 0.248 e. The second-order valence-electron chi connectivity index (χ2n) is 5.41. The van der Waals surface area contributed by atoms with Crippen LogP contribution in [0.5, 0.6) is 0 Å². The van der Waals surface area contributed by atoms with Crippen molar-refractivity contribution in [3.05, 3.63) is 33.2 Å². The quantitative estimate of drug-likeness (QED) is 0.811. The molecule has 1 amide bonds. The first kappa shape index (κ1) is 16.1. The Bertz CT molecular complexity index is 777. The number of anilines is 1. The number of aromatic nitrogens is 3. The molecule has 0 aromatic carbocycles. The van der Waals surface area contributed by atoms with E-state index in [-0.39, 0.29) is 6.04 Å². The van der Waals surface area contributed by atoms with Gasteiger partial charge in [-0.2, -0.15) is 4.98 Å². The molecule has 122 valence electrons. The molecule has 8 heteroatoms. The molecule has 23 heavy (non-hydrogen) atoms. The Morgan fingerprint density at radius 2 is 2.30 bits per heavy atom. The molecule has 3 heterocycles. The zero-order valence-electron chi connectivity index (χ0n) is 13.3. The maximum atomic E-state index is 12.0. The minimum absolute atomic E-state index is 0.313. The van der Waals surface area contributed by atoms with Crippen LogP contribution in [0.25, 0.3) is 0 Å². The number of allylic oxidation sites excluding steroid dienone is 1. The first-order valence-corrected chi connectivity index (χ1v) is 9.30. The van der Waals surface area contributed by atoms with E-state index in [0.29, 0.717) is 16.7 Å². The van der Waals surface area contributed by atoms with E-state index in [9.17, 15) is 4.79 Å². The SMILES string of the molecule is CCCSc1nc2n(n1)C(c1sccc1C)C(C(N)=O)=C(C)N2. The fraction of sp³-hybridized carbons (Fsp3) is 0.400. The molecule has 1 unspecified atom stereocenters. The maximum absolute atomic E-state index is 12.0. The van der Waals surface area contributed by atoms with Crippen LogP contribution in [-0.4, -0.2) is 26.4 Å². The van der Waals surface area contributed by atoms with Gasteiger partial charge < -0.3 is 11.1 Å². The molecule has 2 aromatic heterocycles. The number of nitrogens with one attached hydrogen (secondary N) is 1. The molecule has 3 rings (SSSR count). The number of hydrogen-bond donors (Lipinski definition) is 2. The fourth-order valence-electron chi connectivity index (χ4n) is 2.61. The fourth-order valence-corrected chi connectivity index (χ4v) is 4.31. The normalized spacial score (nSPS) is 17.1. The molecule has 0 saturated heterocycles. The Morgan fingerprint density at radius 3 is 2.91 bits per heavy atom. The van der Waals surface area contributed by atoms with Crippen LogP contribution in [-0.2, 0) is 4.79 Å². The lowest BCUT2D eigenvalue weighted by Crippen LogP contribution is -2.31. The van der Waals surface area contributed by atoms with Gasteiger partial charge in [0.2, 0.25) is 17.0 Å². The van der Waals surface area contributed by atoms with Crippen molar-refractivity contribution in [2.45, 2.75) is 38.4 Å². The van der Waals surface area contributed by atoms with Crippen molar-refractivity contribution in [1.29, 1.82) is 0 Å². The standard InChI is InChI=1S/C15H19N5OS2/c1-4-6-23-15-18-14-17-9(3)10(13(16)21)11(20(14)19-15)12-8(2)5-7-22-12/h5,7,11H,4,6H2,1-3H3,(H2,16,21)(H,17,18,19). The monoisotopic (exact) mass is 349 g/mol. The number of thioether (sulfide) groups is 1. The number of hydrogen-bond acceptors (Lipinski definition) is 6. The third-order valence-electron chi connectivity index (χ3n) is 3.68. The van der Waals surface area contributed by atoms with Crippen molar-refractivity contribution in [2.24, 2.45) is 5.73 Å². The topological polar surface area (TPSA) is 85.8 Å². The molecule has 6 nitrogen and oxygen atoms in total. The Morgan fingerprint density at radius 1 is 1.52 bits per heavy atom. The van der Waals surface area contributed by atoms with Gasteiger partial charge in [0.25, 0.3) is 0 Å². The molecule has 1 aliphatic rings. The highest BCUT2D eigenvalue weighted by molar-refractivity contribution is 7.99. The van der Waals surface area contributed by atoms with Crippen molar-refractivity contribution in [2.75, 3.05) is 11.1 Å². The van der Waals surface area contributed by atoms with Crippen molar-refractivity contribution in [3.63, 3.8) is 0 Å². The first-order chi connectivity index (χ1) is 11.0. The number of carbonyl (C=O) groups excluding carboxylic acids is 1. The number of primary amides is 1. The molecule has 0 bridgehead atoms. The van der Waals surface area contributed by atoms with Gasteiger partial charge in [0.15, 0.2) is 0 Å². The van der Waals surface area contributed by atoms with Crippen LogP contribution in [0.2, 0.25) is 0 Å². The lowest BCUT2D eigenvalue weighted by Gasteiger charge is -2.27. The van der Waals surface area contributed by atoms with Gasteiger partial charge in [-0.25, -0.2) is 4.68 Å². The lowest BCUT2D eigenvalue weighted by molar-refractivity contribution is -0.115. The largest absolute Gasteiger partial charge is 0.366 e. The van der Waals surface area contributed by atoms with Crippen LogP contribution in [0.15, 0.2) is 27.9 Å². The average molecular weight is 349 g/mol. The number of nitrogens with two attached hydrogens (primary N) is 1. The Hall–Kier alpha value is -1.80. The van der Waals surface area contributed by atoms with E-state index < -0.39 is 5.91 Å². The van der Waals surface area contributed by atoms with E-state index >= 15 is 0 Å². The van der Waals surface area contributed by atoms with Crippen molar-refractivity contribution >= 4 is 35.0 Å². The van der Waals surface area contributed by atoms with E-state index in [2.05, 4.69) is 22.3 Å². The lowest BCUT2D eigenvalue weighted by atomic mass is 9.99. The first-order valence-electron chi connectivity index (χ1n) is 7.43. The van der Waals surface area contributed by atoms with Crippen LogP contribution < -0.4 is 11.1 Å². The zero-order chi connectivity index (χ0) is 16.6. The van der Waals surface area contributed by atoms with Gasteiger partial charge >= 0.3 is 0 Å². The maximum Gasteiger partial charge on any atom is 0.248 e. The van der Waals surface area contributed by atoms with Gasteiger partial charge in [-0.15, -0.1) is 16.4 Å². The van der Waals surface area contributed by atoms with Crippen LogP contribution in [0, 0.1) is 6.92 Å². The second kappa shape index (κ2) is 6.37. The number of carbonyl (C=O) groups is 1. The van der Waals surface area contributed by atoms with E-state index in [0.717, 1.165) is 28.3 Å². The number of fused-ring (bicyclic) bond motifs is 1. The second-order valence-corrected chi connectivity index (χ2v) is 7.42. The van der Waals surface area contributed by atoms with Gasteiger partial charge in [-0.1, -0.05) is 18.7 Å². The minimum Gasteiger partial charge on any atom is -0.366 e. The van der Waals surface area contributed by atoms with Gasteiger partial charge in [0.05, 0.1) is 5.57 Å². The number of thiophene rings is 1. The van der Waals surface area contributed by atoms with Gasteiger partial charge in [-0.05, 0) is 37.3 Å². The Labute approximate surface area is 143 Å². The predicted molar refractivity (Wildman–Crippen MR) is 93.7 cm³/mol. The molecule has 0 radical (unpaired) electrons. The zero-order valence-corrected chi connectivity index (χ0v) is 14.9. The summed E-state index contributed by atoms with van der Waals surface area (Å²) in [5, 5.41) is 10.5. The van der Waals surface area contributed by atoms with Crippen LogP contribution >= 0.6 is 23.1 Å². The molecule has 1 aliphatic heterocycles. The highest BCUT2D eigenvalue weighted by Gasteiger charge is 2.34. The van der Waals surface area contributed by atoms with Crippen LogP contribution in [0.4, 0.5) is 5.95 Å². The minimum atomic E-state index is -0.434. The molecular formula is C15H19N5OS2. The Balaban J connectivity index is 2.11. The molecule has 2 aromatic rings. The number of amides is 1. The van der Waals surface area contributed by atoms with E-state index in [1.807, 2.05) is 25.3 Å². The molecule has 0 fully saturated rings. The van der Waals surface area contributed by atoms with Crippen LogP contribution in [0.3, 0.4) is 0 Å². The number of aryl methyl sites for hydroxylation is 1. The van der Waals surface area contributed by atoms with Crippen molar-refractivity contribution in [3.8, 4) is 0 Å². The summed E-state index contributed by atoms with van der Waals surface area (Å²) >= 11 is 3.22. The molecule has 0 saturated carbocycles. The van der Waals surface area contributed by atoms with E-state index in [4.69, 9.17) is 5.73 Å². The summed E-state index contributed by atoms with van der Waals surface area (Å²) in [6, 6.07) is 1.73. The number of rotatable bonds is 5. The summed E-state index contributed by atoms with van der Waals surface area (Å²) < 4.78 is 1.78. The summed E-state index contributed by atoms with van der Waals surface area (Å²) in [7, 11) is 0. The van der Waals surface area contributed by atoms with Gasteiger partial charge in [0.1, 0.15) is 6.04 Å². The highest BCUT2D eigenvalue weighted by Crippen LogP contribution is 2.39. The number of nitrogens with zero attached hydrogens (tertiary/aromatic N) is 3. The summed E-state index contributed by atoms with van der Waals surface area (Å²) in [6.07, 6.45) is 1.05. The van der Waals surface area contributed by atoms with Crippen LogP contribution in [0.1, 0.15) is 36.8 Å². The Kier molecular flexibility index (Phi) is 4.45. The third-order valence-corrected chi connectivity index (χ3v) is 5.80. The van der Waals surface area contributed by atoms with E-state index in [1.165, 1.54) is 0 Å². The van der Waals surface area contributed by atoms with Crippen molar-refractivity contribution < 1.29 is 4.79 Å². The van der Waals surface area contributed by atoms with Gasteiger partial charge in [0, 0.05) is 16.3 Å². The molecular weight excluding hydrogens is 330 g/mol. The summed E-state index contributed by atoms with van der Waals surface area (Å²) in [4.78, 5) is 17.6. The molecule has 1 atom stereocenters.